The largest absolute Gasteiger partial charge is 0.477 e. The van der Waals surface area contributed by atoms with Crippen molar-refractivity contribution in [3.8, 4) is 23.1 Å². The predicted octanol–water partition coefficient (Wildman–Crippen LogP) is 4.85. The molecule has 2 aromatic heterocycles. The minimum Gasteiger partial charge on any atom is -0.477 e. The number of imidazole rings is 1. The van der Waals surface area contributed by atoms with E-state index in [0.29, 0.717) is 48.9 Å². The van der Waals surface area contributed by atoms with E-state index in [1.807, 2.05) is 19.1 Å². The standard InChI is InChI=1S/C30H33ClFN7O3/c1-5-20-18-21(6-7-22(20)30(40)35-12-16-41-17-14-39(2,3)4)37-28-29-36-19-24(38(29)13-11-34-28)23-8-9-25(42-15-10-33)26(31)27(23)32/h6-9,11,13,18-19H,5,12,14-17H2,1-4H3,(H-,34,35,37,40)/p+1. The van der Waals surface area contributed by atoms with Gasteiger partial charge in [-0.25, -0.2) is 14.4 Å². The summed E-state index contributed by atoms with van der Waals surface area (Å²) in [4.78, 5) is 21.7. The molecular formula is C30H34ClFN7O3+. The first-order valence-corrected chi connectivity index (χ1v) is 13.9. The first-order valence-electron chi connectivity index (χ1n) is 13.5. The van der Waals surface area contributed by atoms with Gasteiger partial charge in [-0.1, -0.05) is 18.5 Å². The molecule has 1 amide bonds. The van der Waals surface area contributed by atoms with E-state index in [0.717, 1.165) is 22.3 Å². The molecule has 12 heteroatoms. The minimum absolute atomic E-state index is 0.0880. The third-order valence-corrected chi connectivity index (χ3v) is 6.83. The molecule has 2 heterocycles. The van der Waals surface area contributed by atoms with Gasteiger partial charge >= 0.3 is 0 Å². The van der Waals surface area contributed by atoms with E-state index in [1.54, 1.807) is 28.9 Å². The highest BCUT2D eigenvalue weighted by molar-refractivity contribution is 6.32. The van der Waals surface area contributed by atoms with Gasteiger partial charge < -0.3 is 24.6 Å². The Labute approximate surface area is 249 Å². The zero-order valence-corrected chi connectivity index (χ0v) is 24.8. The minimum atomic E-state index is -0.683. The average molecular weight is 595 g/mol. The van der Waals surface area contributed by atoms with E-state index in [-0.39, 0.29) is 28.8 Å². The molecule has 42 heavy (non-hydrogen) atoms. The number of likely N-dealkylation sites (N-methyl/N-ethyl adjacent to an activating group) is 1. The number of carbonyl (C=O) groups is 1. The number of ether oxygens (including phenoxy) is 2. The number of nitrogens with one attached hydrogen (secondary N) is 2. The van der Waals surface area contributed by atoms with Crippen LogP contribution in [-0.2, 0) is 11.2 Å². The number of fused-ring (bicyclic) bond motifs is 1. The van der Waals surface area contributed by atoms with Crippen molar-refractivity contribution in [2.24, 2.45) is 0 Å². The number of rotatable bonds is 13. The van der Waals surface area contributed by atoms with Gasteiger partial charge in [0.25, 0.3) is 5.91 Å². The maximum absolute atomic E-state index is 15.2. The lowest BCUT2D eigenvalue weighted by Gasteiger charge is -2.23. The molecule has 0 saturated heterocycles. The van der Waals surface area contributed by atoms with Crippen molar-refractivity contribution < 1.29 is 23.1 Å². The molecule has 0 unspecified atom stereocenters. The molecule has 0 spiro atoms. The van der Waals surface area contributed by atoms with E-state index in [9.17, 15) is 4.79 Å². The normalized spacial score (nSPS) is 11.4. The molecule has 4 aromatic rings. The number of amides is 1. The first-order chi connectivity index (χ1) is 20.1. The number of hydrogen-bond donors (Lipinski definition) is 2. The maximum atomic E-state index is 15.2. The topological polar surface area (TPSA) is 114 Å². The van der Waals surface area contributed by atoms with Gasteiger partial charge in [-0.2, -0.15) is 5.26 Å². The van der Waals surface area contributed by atoms with Gasteiger partial charge in [-0.05, 0) is 42.3 Å². The van der Waals surface area contributed by atoms with Crippen LogP contribution in [0.3, 0.4) is 0 Å². The van der Waals surface area contributed by atoms with Crippen molar-refractivity contribution in [3.05, 3.63) is 70.9 Å². The van der Waals surface area contributed by atoms with Crippen molar-refractivity contribution >= 4 is 34.7 Å². The number of benzene rings is 2. The second kappa shape index (κ2) is 13.6. The maximum Gasteiger partial charge on any atom is 0.251 e. The zero-order valence-electron chi connectivity index (χ0n) is 24.1. The highest BCUT2D eigenvalue weighted by Crippen LogP contribution is 2.35. The second-order valence-corrected chi connectivity index (χ2v) is 10.9. The summed E-state index contributed by atoms with van der Waals surface area (Å²) in [6.07, 6.45) is 5.43. The van der Waals surface area contributed by atoms with Gasteiger partial charge in [0.2, 0.25) is 0 Å². The van der Waals surface area contributed by atoms with Crippen LogP contribution in [0.1, 0.15) is 22.8 Å². The van der Waals surface area contributed by atoms with Crippen molar-refractivity contribution in [3.63, 3.8) is 0 Å². The Morgan fingerprint density at radius 3 is 2.74 bits per heavy atom. The van der Waals surface area contributed by atoms with Crippen molar-refractivity contribution in [1.29, 1.82) is 5.26 Å². The molecule has 220 valence electrons. The summed E-state index contributed by atoms with van der Waals surface area (Å²) < 4.78 is 28.5. The van der Waals surface area contributed by atoms with Gasteiger partial charge in [-0.15, -0.1) is 0 Å². The predicted molar refractivity (Wildman–Crippen MR) is 160 cm³/mol. The molecule has 0 radical (unpaired) electrons. The van der Waals surface area contributed by atoms with Crippen LogP contribution in [0.25, 0.3) is 16.9 Å². The Balaban J connectivity index is 1.48. The quantitative estimate of drug-likeness (QED) is 0.168. The van der Waals surface area contributed by atoms with Crippen LogP contribution >= 0.6 is 11.6 Å². The molecule has 10 nitrogen and oxygen atoms in total. The van der Waals surface area contributed by atoms with E-state index in [2.05, 4.69) is 41.7 Å². The highest BCUT2D eigenvalue weighted by Gasteiger charge is 2.19. The first kappa shape index (κ1) is 30.7. The number of anilines is 2. The summed E-state index contributed by atoms with van der Waals surface area (Å²) in [6, 6.07) is 10.4. The average Bonchev–Trinajstić information content (AvgIpc) is 3.40. The second-order valence-electron chi connectivity index (χ2n) is 10.5. The molecule has 0 atom stereocenters. The van der Waals surface area contributed by atoms with Crippen LogP contribution in [0.4, 0.5) is 15.9 Å². The lowest BCUT2D eigenvalue weighted by atomic mass is 10.0. The van der Waals surface area contributed by atoms with Crippen LogP contribution in [0, 0.1) is 17.1 Å². The van der Waals surface area contributed by atoms with Gasteiger partial charge in [0.1, 0.15) is 23.4 Å². The molecule has 0 aliphatic rings. The van der Waals surface area contributed by atoms with E-state index in [4.69, 9.17) is 26.3 Å². The molecular weight excluding hydrogens is 561 g/mol. The third kappa shape index (κ3) is 7.33. The number of aromatic nitrogens is 3. The number of aryl methyl sites for hydroxylation is 1. The Morgan fingerprint density at radius 1 is 1.19 bits per heavy atom. The number of halogens is 2. The van der Waals surface area contributed by atoms with Gasteiger partial charge in [-0.3, -0.25) is 9.20 Å². The highest BCUT2D eigenvalue weighted by atomic mass is 35.5. The molecule has 4 rings (SSSR count). The molecule has 0 bridgehead atoms. The molecule has 0 aliphatic heterocycles. The lowest BCUT2D eigenvalue weighted by Crippen LogP contribution is -2.38. The SMILES string of the molecule is CCc1cc(Nc2nccn3c(-c4ccc(OCC#N)c(Cl)c4F)cnc23)ccc1C(=O)NCCOCC[N+](C)(C)C. The fourth-order valence-electron chi connectivity index (χ4n) is 4.25. The summed E-state index contributed by atoms with van der Waals surface area (Å²) in [5, 5.41) is 14.7. The van der Waals surface area contributed by atoms with Crippen molar-refractivity contribution in [2.45, 2.75) is 13.3 Å². The number of hydrogen-bond acceptors (Lipinski definition) is 7. The van der Waals surface area contributed by atoms with Crippen molar-refractivity contribution in [2.75, 3.05) is 59.4 Å². The fraction of sp³-hybridized carbons (Fsp3) is 0.333. The molecule has 0 aliphatic carbocycles. The van der Waals surface area contributed by atoms with E-state index < -0.39 is 5.82 Å². The molecule has 2 N–H and O–H groups in total. The molecule has 0 fully saturated rings. The number of carbonyl (C=O) groups excluding carboxylic acids is 1. The van der Waals surface area contributed by atoms with E-state index in [1.165, 1.54) is 18.3 Å². The number of nitrogens with zero attached hydrogens (tertiary/aromatic N) is 5. The summed E-state index contributed by atoms with van der Waals surface area (Å²) in [5.41, 5.74) is 3.34. The van der Waals surface area contributed by atoms with Gasteiger partial charge in [0.05, 0.1) is 46.2 Å². The Kier molecular flexibility index (Phi) is 9.96. The zero-order chi connectivity index (χ0) is 30.3. The van der Waals surface area contributed by atoms with Gasteiger partial charge in [0, 0.05) is 35.8 Å². The van der Waals surface area contributed by atoms with Crippen molar-refractivity contribution in [1.82, 2.24) is 19.7 Å². The smallest absolute Gasteiger partial charge is 0.251 e. The van der Waals surface area contributed by atoms with Gasteiger partial charge in [0.15, 0.2) is 23.9 Å². The third-order valence-electron chi connectivity index (χ3n) is 6.47. The summed E-state index contributed by atoms with van der Waals surface area (Å²) >= 11 is 6.17. The monoisotopic (exact) mass is 594 g/mol. The van der Waals surface area contributed by atoms with Crippen LogP contribution in [-0.4, -0.2) is 78.8 Å². The Morgan fingerprint density at radius 2 is 2.00 bits per heavy atom. The summed E-state index contributed by atoms with van der Waals surface area (Å²) in [7, 11) is 6.31. The lowest BCUT2D eigenvalue weighted by molar-refractivity contribution is -0.870. The Bertz CT molecular complexity index is 1610. The summed E-state index contributed by atoms with van der Waals surface area (Å²) in [6.45, 7) is 4.14. The van der Waals surface area contributed by atoms with Crippen LogP contribution in [0.15, 0.2) is 48.9 Å². The number of nitriles is 1. The van der Waals surface area contributed by atoms with Crippen LogP contribution < -0.4 is 15.4 Å². The fourth-order valence-corrected chi connectivity index (χ4v) is 4.47. The van der Waals surface area contributed by atoms with E-state index >= 15 is 4.39 Å². The Hall–Kier alpha value is -4.24. The molecule has 0 saturated carbocycles. The van der Waals surface area contributed by atoms with Crippen LogP contribution in [0.2, 0.25) is 5.02 Å². The summed E-state index contributed by atoms with van der Waals surface area (Å²) in [5.74, 6) is -0.298. The van der Waals surface area contributed by atoms with Crippen LogP contribution in [0.5, 0.6) is 5.75 Å². The molecule has 2 aromatic carbocycles. The number of quaternary nitrogens is 1.